The van der Waals surface area contributed by atoms with E-state index in [0.29, 0.717) is 0 Å². The number of anilines is 2. The SMILES string of the molecule is CC(C)OC(=O)OCO[P@]1(=O)OC[C@H]2O[C@@H](n3cnc4c(N)ncnc43)[C@H](F)[C@@H]2OP(=O)(O)OC[C@H]2O[C@@H](n3cnc4c(N)ncnc43)[C@H](F)[C@@H]2O1. The number of phosphoric acid groups is 2. The number of carbonyl (C=O) groups excluding carboxylic acids is 1. The van der Waals surface area contributed by atoms with E-state index in [4.69, 9.17) is 53.0 Å². The molecule has 282 valence electrons. The minimum atomic E-state index is -5.20. The quantitative estimate of drug-likeness (QED) is 0.143. The number of alkyl halides is 2. The van der Waals surface area contributed by atoms with Gasteiger partial charge in [0.2, 0.25) is 6.79 Å². The van der Waals surface area contributed by atoms with Gasteiger partial charge in [-0.25, -0.2) is 57.1 Å². The van der Waals surface area contributed by atoms with Gasteiger partial charge < -0.3 is 35.3 Å². The molecule has 5 N–H and O–H groups in total. The number of phosphoric ester groups is 2. The normalized spacial score (nSPS) is 34.1. The Kier molecular flexibility index (Phi) is 9.84. The molecule has 0 amide bonds. The van der Waals surface area contributed by atoms with Crippen molar-refractivity contribution in [3.05, 3.63) is 25.3 Å². The van der Waals surface area contributed by atoms with Crippen molar-refractivity contribution in [2.75, 3.05) is 31.5 Å². The van der Waals surface area contributed by atoms with Gasteiger partial charge in [0.25, 0.3) is 0 Å². The summed E-state index contributed by atoms with van der Waals surface area (Å²) in [7, 11) is -10.3. The first-order chi connectivity index (χ1) is 24.7. The van der Waals surface area contributed by atoms with E-state index < -0.39 is 97.1 Å². The maximum atomic E-state index is 16.4. The molecule has 3 aliphatic rings. The van der Waals surface area contributed by atoms with E-state index in [1.165, 1.54) is 0 Å². The smallest absolute Gasteiger partial charge is 0.432 e. The summed E-state index contributed by atoms with van der Waals surface area (Å²) in [5, 5.41) is 0. The summed E-state index contributed by atoms with van der Waals surface area (Å²) < 4.78 is 110. The van der Waals surface area contributed by atoms with Gasteiger partial charge in [0.15, 0.2) is 47.7 Å². The molecule has 3 aliphatic heterocycles. The van der Waals surface area contributed by atoms with E-state index in [0.717, 1.165) is 34.4 Å². The Hall–Kier alpha value is -4.03. The predicted octanol–water partition coefficient (Wildman–Crippen LogP) is 1.86. The van der Waals surface area contributed by atoms with E-state index in [-0.39, 0.29) is 34.0 Å². The minimum Gasteiger partial charge on any atom is -0.432 e. The molecular formula is C25H30F2N10O13P2. The van der Waals surface area contributed by atoms with Crippen molar-refractivity contribution in [3.8, 4) is 0 Å². The standard InChI is InChI=1S/C25H30F2N10O13P2/c1-10(2)46-25(38)42-9-45-52(41)44-4-12-17(13(26)23(48-12)36-7-34-15-19(28)30-5-32-21(15)36)49-51(39,40)43-3-11-18(50-52)14(27)24(47-11)37-8-35-16-20(29)31-6-33-22(16)37/h5-8,10-14,17-18,23-24H,3-4,9H2,1-2H3,(H,39,40)(H2,28,30,32)(H2,29,31,33)/t11-,12-,13-,14-,17-,18-,23-,24-,52+/m1/s1. The number of fused-ring (bicyclic) bond motifs is 4. The molecule has 4 aromatic heterocycles. The number of nitrogens with zero attached hydrogens (tertiary/aromatic N) is 8. The fraction of sp³-hybridized carbons (Fsp3) is 0.560. The molecule has 23 nitrogen and oxygen atoms in total. The number of hydrogen-bond donors (Lipinski definition) is 3. The summed E-state index contributed by atoms with van der Waals surface area (Å²) in [5.41, 5.74) is 12.0. The molecule has 52 heavy (non-hydrogen) atoms. The summed E-state index contributed by atoms with van der Waals surface area (Å²) in [5.74, 6) is -0.0466. The third-order valence-corrected chi connectivity index (χ3v) is 10.3. The van der Waals surface area contributed by atoms with Gasteiger partial charge in [-0.05, 0) is 13.8 Å². The van der Waals surface area contributed by atoms with Crippen LogP contribution in [0.1, 0.15) is 26.3 Å². The lowest BCUT2D eigenvalue weighted by molar-refractivity contribution is -0.0760. The van der Waals surface area contributed by atoms with Gasteiger partial charge in [0.05, 0.1) is 32.0 Å². The van der Waals surface area contributed by atoms with Crippen LogP contribution in [-0.2, 0) is 50.7 Å². The maximum absolute atomic E-state index is 16.4. The molecule has 1 unspecified atom stereocenters. The Balaban J connectivity index is 1.19. The van der Waals surface area contributed by atoms with Crippen LogP contribution in [0.15, 0.2) is 25.3 Å². The zero-order chi connectivity index (χ0) is 36.9. The first-order valence-corrected chi connectivity index (χ1v) is 18.2. The molecule has 3 fully saturated rings. The molecule has 7 heterocycles. The summed E-state index contributed by atoms with van der Waals surface area (Å²) in [4.78, 5) is 46.6. The van der Waals surface area contributed by atoms with Gasteiger partial charge in [0.1, 0.15) is 48.1 Å². The Morgan fingerprint density at radius 3 is 1.94 bits per heavy atom. The topological polar surface area (TPSA) is 294 Å². The first kappa shape index (κ1) is 36.3. The third-order valence-electron chi connectivity index (χ3n) is 7.88. The highest BCUT2D eigenvalue weighted by atomic mass is 31.2. The van der Waals surface area contributed by atoms with Crippen LogP contribution in [0.4, 0.5) is 25.2 Å². The summed E-state index contributed by atoms with van der Waals surface area (Å²) in [6.45, 7) is 0.113. The second-order valence-corrected chi connectivity index (χ2v) is 14.7. The molecule has 0 radical (unpaired) electrons. The average Bonchev–Trinajstić information content (AvgIpc) is 3.84. The number of halogens is 2. The van der Waals surface area contributed by atoms with Crippen LogP contribution < -0.4 is 11.5 Å². The largest absolute Gasteiger partial charge is 0.510 e. The number of nitrogens with two attached hydrogens (primary N) is 2. The van der Waals surface area contributed by atoms with Crippen LogP contribution in [0.3, 0.4) is 0 Å². The van der Waals surface area contributed by atoms with Crippen LogP contribution in [-0.4, -0.2) is 113 Å². The van der Waals surface area contributed by atoms with E-state index in [9.17, 15) is 18.8 Å². The highest BCUT2D eigenvalue weighted by Crippen LogP contribution is 2.57. The molecule has 27 heteroatoms. The number of imidazole rings is 2. The third kappa shape index (κ3) is 7.03. The first-order valence-electron chi connectivity index (χ1n) is 15.3. The molecule has 4 aromatic rings. The predicted molar refractivity (Wildman–Crippen MR) is 165 cm³/mol. The lowest BCUT2D eigenvalue weighted by Crippen LogP contribution is -2.37. The number of hydrogen-bond acceptors (Lipinski definition) is 20. The number of carbonyl (C=O) groups is 1. The van der Waals surface area contributed by atoms with Gasteiger partial charge in [-0.2, -0.15) is 0 Å². The Bertz CT molecular complexity index is 2060. The summed E-state index contributed by atoms with van der Waals surface area (Å²) in [6, 6.07) is 0. The van der Waals surface area contributed by atoms with Crippen molar-refractivity contribution in [2.24, 2.45) is 0 Å². The molecule has 3 saturated heterocycles. The van der Waals surface area contributed by atoms with E-state index in [1.807, 2.05) is 0 Å². The van der Waals surface area contributed by atoms with Crippen LogP contribution in [0, 0.1) is 0 Å². The molecule has 0 aliphatic carbocycles. The Morgan fingerprint density at radius 1 is 0.885 bits per heavy atom. The highest BCUT2D eigenvalue weighted by molar-refractivity contribution is 7.48. The van der Waals surface area contributed by atoms with Crippen molar-refractivity contribution in [1.82, 2.24) is 39.0 Å². The maximum Gasteiger partial charge on any atom is 0.510 e. The van der Waals surface area contributed by atoms with E-state index in [2.05, 4.69) is 29.9 Å². The molecule has 0 spiro atoms. The van der Waals surface area contributed by atoms with E-state index in [1.54, 1.807) is 13.8 Å². The minimum absolute atomic E-state index is 0.0222. The highest BCUT2D eigenvalue weighted by Gasteiger charge is 2.55. The number of rotatable bonds is 6. The van der Waals surface area contributed by atoms with Crippen LogP contribution in [0.2, 0.25) is 0 Å². The fourth-order valence-corrected chi connectivity index (χ4v) is 7.81. The number of nitrogen functional groups attached to an aromatic ring is 2. The molecule has 0 saturated carbocycles. The van der Waals surface area contributed by atoms with E-state index >= 15 is 8.78 Å². The van der Waals surface area contributed by atoms with Gasteiger partial charge in [-0.3, -0.25) is 27.2 Å². The van der Waals surface area contributed by atoms with Gasteiger partial charge in [-0.15, -0.1) is 0 Å². The average molecular weight is 779 g/mol. The van der Waals surface area contributed by atoms with Crippen LogP contribution in [0.5, 0.6) is 0 Å². The monoisotopic (exact) mass is 778 g/mol. The second kappa shape index (κ2) is 14.1. The number of ether oxygens (including phenoxy) is 4. The molecule has 7 rings (SSSR count). The fourth-order valence-electron chi connectivity index (χ4n) is 5.60. The molecule has 10 atom stereocenters. The van der Waals surface area contributed by atoms with Crippen molar-refractivity contribution in [2.45, 2.75) is 69.2 Å². The molecular weight excluding hydrogens is 748 g/mol. The summed E-state index contributed by atoms with van der Waals surface area (Å²) in [6.07, 6.45) is -12.2. The van der Waals surface area contributed by atoms with Crippen molar-refractivity contribution < 1.29 is 69.2 Å². The van der Waals surface area contributed by atoms with Gasteiger partial charge >= 0.3 is 21.8 Å². The summed E-state index contributed by atoms with van der Waals surface area (Å²) >= 11 is 0. The van der Waals surface area contributed by atoms with Crippen molar-refractivity contribution in [1.29, 1.82) is 0 Å². The molecule has 0 bridgehead atoms. The van der Waals surface area contributed by atoms with Crippen molar-refractivity contribution >= 4 is 55.8 Å². The number of aromatic nitrogens is 8. The van der Waals surface area contributed by atoms with Crippen LogP contribution >= 0.6 is 15.6 Å². The Labute approximate surface area is 290 Å². The zero-order valence-electron chi connectivity index (χ0n) is 26.9. The molecule has 0 aromatic carbocycles. The zero-order valence-corrected chi connectivity index (χ0v) is 28.6. The van der Waals surface area contributed by atoms with Gasteiger partial charge in [0, 0.05) is 0 Å². The van der Waals surface area contributed by atoms with Crippen molar-refractivity contribution in [3.63, 3.8) is 0 Å². The Morgan fingerprint density at radius 2 is 1.40 bits per heavy atom. The lowest BCUT2D eigenvalue weighted by Gasteiger charge is -2.28. The second-order valence-electron chi connectivity index (χ2n) is 11.6. The van der Waals surface area contributed by atoms with Gasteiger partial charge in [-0.1, -0.05) is 0 Å². The van der Waals surface area contributed by atoms with Crippen LogP contribution in [0.25, 0.3) is 22.3 Å². The lowest BCUT2D eigenvalue weighted by atomic mass is 10.1.